The molecule has 0 amide bonds. The zero-order chi connectivity index (χ0) is 44.6. The first-order chi connectivity index (χ1) is 30.0. The summed E-state index contributed by atoms with van der Waals surface area (Å²) in [6.45, 7) is 6.74. The van der Waals surface area contributed by atoms with Gasteiger partial charge in [-0.3, -0.25) is 33.9 Å². The molecule has 1 aliphatic carbocycles. The zero-order valence-electron chi connectivity index (χ0n) is 37.3. The van der Waals surface area contributed by atoms with Gasteiger partial charge in [-0.25, -0.2) is 9.59 Å². The highest BCUT2D eigenvalue weighted by Gasteiger charge is 2.72. The highest BCUT2D eigenvalue weighted by Crippen LogP contribution is 2.63. The van der Waals surface area contributed by atoms with Crippen molar-refractivity contribution in [2.45, 2.75) is 158 Å². The lowest BCUT2D eigenvalue weighted by Gasteiger charge is -2.55. The van der Waals surface area contributed by atoms with E-state index in [0.717, 1.165) is 0 Å². The molecule has 6 saturated heterocycles. The van der Waals surface area contributed by atoms with Crippen LogP contribution in [-0.2, 0) is 57.2 Å². The second kappa shape index (κ2) is 16.8. The van der Waals surface area contributed by atoms with Crippen LogP contribution in [0.2, 0.25) is 0 Å². The van der Waals surface area contributed by atoms with Crippen molar-refractivity contribution in [2.75, 3.05) is 21.1 Å². The van der Waals surface area contributed by atoms with Gasteiger partial charge in [-0.05, 0) is 66.9 Å². The number of fused-ring (bicyclic) bond motifs is 7. The molecule has 1 aromatic carbocycles. The summed E-state index contributed by atoms with van der Waals surface area (Å²) in [5, 5.41) is 0. The van der Waals surface area contributed by atoms with Crippen LogP contribution in [-0.4, -0.2) is 138 Å². The summed E-state index contributed by atoms with van der Waals surface area (Å²) < 4.78 is 36.9. The Labute approximate surface area is 368 Å². The summed E-state index contributed by atoms with van der Waals surface area (Å²) in [6, 6.07) is 8.36. The molecule has 1 saturated carbocycles. The number of carbonyl (C=O) groups is 6. The first kappa shape index (κ1) is 43.6. The minimum absolute atomic E-state index is 0.0154. The number of esters is 6. The Kier molecular flexibility index (Phi) is 11.6. The summed E-state index contributed by atoms with van der Waals surface area (Å²) in [4.78, 5) is 91.3. The topological polar surface area (TPSA) is 168 Å². The van der Waals surface area contributed by atoms with E-state index in [4.69, 9.17) is 28.4 Å². The molecule has 8 bridgehead atoms. The molecule has 16 unspecified atom stereocenters. The Hall–Kier alpha value is -4.60. The standard InChI is InChI=1S/C48H61N3O12/c1-8-25(3)58-44(54)33-18-27-15-31(21-34(33)49(27)5)61-45(55)41-40(26-12-10-9-11-13-26)42-46(56)62-37-19-29-17-32(23-35(37)50(29)6)60-43(53)24(2)14-39(52)59-30-16-28-20-38(36(22-30)51(28)7)63-47(57)48(41,42)4/h8-14,27-38,40-42H,15-23H2,1-7H3. The number of nitrogens with zero attached hydrogens (tertiary/aromatic N) is 3. The Morgan fingerprint density at radius 3 is 1.98 bits per heavy atom. The van der Waals surface area contributed by atoms with Crippen LogP contribution < -0.4 is 0 Å². The normalized spacial score (nSPS) is 42.0. The van der Waals surface area contributed by atoms with Crippen LogP contribution >= 0.6 is 0 Å². The van der Waals surface area contributed by atoms with E-state index < -0.39 is 83.5 Å². The average Bonchev–Trinajstić information content (AvgIpc) is 3.58. The predicted octanol–water partition coefficient (Wildman–Crippen LogP) is 4.22. The number of benzene rings is 1. The number of ether oxygens (including phenoxy) is 6. The Morgan fingerprint density at radius 1 is 0.730 bits per heavy atom. The highest BCUT2D eigenvalue weighted by atomic mass is 16.6. The lowest BCUT2D eigenvalue weighted by molar-refractivity contribution is -0.210. The van der Waals surface area contributed by atoms with Gasteiger partial charge < -0.3 is 28.4 Å². The van der Waals surface area contributed by atoms with Crippen LogP contribution in [0.3, 0.4) is 0 Å². The number of likely N-dealkylation sites (N-methyl/N-ethyl adjacent to an activating group) is 2. The molecule has 16 atom stereocenters. The van der Waals surface area contributed by atoms with Crippen molar-refractivity contribution in [1.29, 1.82) is 0 Å². The molecular weight excluding hydrogens is 811 g/mol. The van der Waals surface area contributed by atoms with Crippen LogP contribution in [0.15, 0.2) is 53.8 Å². The Morgan fingerprint density at radius 2 is 1.33 bits per heavy atom. The van der Waals surface area contributed by atoms with Gasteiger partial charge in [-0.2, -0.15) is 0 Å². The van der Waals surface area contributed by atoms with E-state index in [9.17, 15) is 19.2 Å². The summed E-state index contributed by atoms with van der Waals surface area (Å²) >= 11 is 0. The van der Waals surface area contributed by atoms with Gasteiger partial charge in [0.1, 0.15) is 36.3 Å². The van der Waals surface area contributed by atoms with Crippen molar-refractivity contribution in [3.63, 3.8) is 0 Å². The molecule has 8 aliphatic rings. The molecule has 7 aliphatic heterocycles. The number of rotatable bonds is 5. The molecule has 1 aromatic rings. The molecule has 0 aromatic heterocycles. The lowest BCUT2D eigenvalue weighted by Crippen LogP contribution is -2.65. The number of hydrogen-bond donors (Lipinski definition) is 0. The summed E-state index contributed by atoms with van der Waals surface area (Å²) in [7, 11) is 5.91. The minimum Gasteiger partial charge on any atom is -0.462 e. The van der Waals surface area contributed by atoms with Gasteiger partial charge >= 0.3 is 35.8 Å². The zero-order valence-corrected chi connectivity index (χ0v) is 37.3. The lowest BCUT2D eigenvalue weighted by atomic mass is 9.45. The van der Waals surface area contributed by atoms with E-state index in [2.05, 4.69) is 14.7 Å². The van der Waals surface area contributed by atoms with Crippen LogP contribution in [0, 0.1) is 23.2 Å². The van der Waals surface area contributed by atoms with Crippen molar-refractivity contribution in [3.05, 3.63) is 59.4 Å². The largest absolute Gasteiger partial charge is 0.462 e. The van der Waals surface area contributed by atoms with Crippen molar-refractivity contribution < 1.29 is 57.2 Å². The van der Waals surface area contributed by atoms with Crippen molar-refractivity contribution in [2.24, 2.45) is 23.2 Å². The quantitative estimate of drug-likeness (QED) is 0.234. The van der Waals surface area contributed by atoms with Gasteiger partial charge in [0.05, 0.1) is 35.3 Å². The van der Waals surface area contributed by atoms with Crippen molar-refractivity contribution >= 4 is 35.8 Å². The molecule has 0 radical (unpaired) electrons. The Balaban J connectivity index is 1.04. The first-order valence-corrected chi connectivity index (χ1v) is 22.8. The fourth-order valence-corrected chi connectivity index (χ4v) is 12.8. The van der Waals surface area contributed by atoms with E-state index in [1.807, 2.05) is 58.4 Å². The molecule has 63 heavy (non-hydrogen) atoms. The molecule has 15 nitrogen and oxygen atoms in total. The molecular formula is C48H61N3O12. The molecule has 0 N–H and O–H groups in total. The number of carbonyl (C=O) groups excluding carboxylic acids is 6. The van der Waals surface area contributed by atoms with Crippen LogP contribution in [0.1, 0.15) is 97.0 Å². The Bertz CT molecular complexity index is 2090. The van der Waals surface area contributed by atoms with Gasteiger partial charge in [-0.1, -0.05) is 30.3 Å². The third kappa shape index (κ3) is 7.69. The summed E-state index contributed by atoms with van der Waals surface area (Å²) in [6.07, 6.45) is 4.56. The first-order valence-electron chi connectivity index (χ1n) is 22.8. The van der Waals surface area contributed by atoms with E-state index in [-0.39, 0.29) is 53.7 Å². The molecule has 7 heterocycles. The number of hydrogen-bond acceptors (Lipinski definition) is 15. The molecule has 0 spiro atoms. The van der Waals surface area contributed by atoms with Crippen molar-refractivity contribution in [3.8, 4) is 0 Å². The van der Waals surface area contributed by atoms with Gasteiger partial charge in [0.15, 0.2) is 0 Å². The van der Waals surface area contributed by atoms with E-state index >= 15 is 9.59 Å². The SMILES string of the molecule is CC=C(C)OC(=O)C1CC2CC(OC(=O)C3C(c4ccccc4)C4C(=O)OC5CC6CC(CC5N6C)OC(=O)C(C)=CC(=O)OC5CC6CC(OC(=O)C34C)C(C5)N6C)CC1N2C. The van der Waals surface area contributed by atoms with Crippen LogP contribution in [0.5, 0.6) is 0 Å². The van der Waals surface area contributed by atoms with Crippen LogP contribution in [0.4, 0.5) is 0 Å². The fraction of sp³-hybridized carbons (Fsp3) is 0.667. The number of allylic oxidation sites excluding steroid dienone is 2. The fourth-order valence-electron chi connectivity index (χ4n) is 12.8. The second-order valence-corrected chi connectivity index (χ2v) is 19.8. The third-order valence-corrected chi connectivity index (χ3v) is 16.4. The number of piperidine rings is 3. The predicted molar refractivity (Wildman–Crippen MR) is 224 cm³/mol. The smallest absolute Gasteiger partial charge is 0.334 e. The van der Waals surface area contributed by atoms with Gasteiger partial charge in [0.2, 0.25) is 0 Å². The van der Waals surface area contributed by atoms with E-state index in [1.54, 1.807) is 19.9 Å². The third-order valence-electron chi connectivity index (χ3n) is 16.4. The maximum atomic E-state index is 15.2. The molecule has 15 heteroatoms. The van der Waals surface area contributed by atoms with Gasteiger partial charge in [0, 0.05) is 93.1 Å². The monoisotopic (exact) mass is 871 g/mol. The maximum absolute atomic E-state index is 15.2. The summed E-state index contributed by atoms with van der Waals surface area (Å²) in [5.41, 5.74) is -0.842. The van der Waals surface area contributed by atoms with E-state index in [1.165, 1.54) is 13.0 Å². The minimum atomic E-state index is -1.68. The van der Waals surface area contributed by atoms with E-state index in [0.29, 0.717) is 69.1 Å². The van der Waals surface area contributed by atoms with Gasteiger partial charge in [0.25, 0.3) is 0 Å². The second-order valence-electron chi connectivity index (χ2n) is 19.8. The van der Waals surface area contributed by atoms with Crippen LogP contribution in [0.25, 0.3) is 0 Å². The van der Waals surface area contributed by atoms with Crippen molar-refractivity contribution in [1.82, 2.24) is 14.7 Å². The maximum Gasteiger partial charge on any atom is 0.334 e. The highest BCUT2D eigenvalue weighted by molar-refractivity contribution is 5.97. The molecule has 340 valence electrons. The average molecular weight is 872 g/mol. The van der Waals surface area contributed by atoms with Gasteiger partial charge in [-0.15, -0.1) is 0 Å². The molecule has 7 fully saturated rings. The molecule has 9 rings (SSSR count). The summed E-state index contributed by atoms with van der Waals surface area (Å²) in [5.74, 6) is -6.22.